The molecule has 0 bridgehead atoms. The van der Waals surface area contributed by atoms with Gasteiger partial charge in [0.05, 0.1) is 10.5 Å². The van der Waals surface area contributed by atoms with Gasteiger partial charge in [-0.2, -0.15) is 0 Å². The monoisotopic (exact) mass is 212 g/mol. The highest BCUT2D eigenvalue weighted by Gasteiger charge is 2.23. The summed E-state index contributed by atoms with van der Waals surface area (Å²) in [6.07, 6.45) is 0. The molecule has 0 fully saturated rings. The van der Waals surface area contributed by atoms with Gasteiger partial charge in [0.2, 0.25) is 0 Å². The molecule has 1 rings (SSSR count). The summed E-state index contributed by atoms with van der Waals surface area (Å²) in [5.41, 5.74) is 4.37. The van der Waals surface area contributed by atoms with E-state index in [-0.39, 0.29) is 16.8 Å². The summed E-state index contributed by atoms with van der Waals surface area (Å²) in [7, 11) is 0. The molecule has 0 aliphatic heterocycles. The van der Waals surface area contributed by atoms with Crippen molar-refractivity contribution in [2.45, 2.75) is 13.8 Å². The normalized spacial score (nSPS) is 10.1. The van der Waals surface area contributed by atoms with Gasteiger partial charge in [0.1, 0.15) is 5.82 Å². The molecule has 1 amide bonds. The molecule has 1 aromatic carbocycles. The van der Waals surface area contributed by atoms with Crippen molar-refractivity contribution < 1.29 is 14.1 Å². The van der Waals surface area contributed by atoms with E-state index in [1.54, 1.807) is 0 Å². The van der Waals surface area contributed by atoms with Gasteiger partial charge in [0, 0.05) is 11.1 Å². The molecule has 0 saturated carbocycles. The van der Waals surface area contributed by atoms with Gasteiger partial charge in [-0.15, -0.1) is 0 Å². The van der Waals surface area contributed by atoms with Gasteiger partial charge in [-0.3, -0.25) is 14.9 Å². The highest BCUT2D eigenvalue weighted by atomic mass is 19.1. The molecular formula is C9H9FN2O3. The number of hydrogen-bond acceptors (Lipinski definition) is 3. The molecule has 0 heterocycles. The van der Waals surface area contributed by atoms with Crippen molar-refractivity contribution in [2.24, 2.45) is 5.73 Å². The predicted molar refractivity (Wildman–Crippen MR) is 51.0 cm³/mol. The number of nitrogens with zero attached hydrogens (tertiary/aromatic N) is 1. The number of carbonyl (C=O) groups is 1. The third-order valence-electron chi connectivity index (χ3n) is 2.11. The summed E-state index contributed by atoms with van der Waals surface area (Å²) in [5, 5.41) is 10.7. The van der Waals surface area contributed by atoms with Crippen LogP contribution in [-0.4, -0.2) is 10.8 Å². The molecule has 0 aromatic heterocycles. The smallest absolute Gasteiger partial charge is 0.276 e. The van der Waals surface area contributed by atoms with Crippen LogP contribution in [0.5, 0.6) is 0 Å². The molecule has 0 saturated heterocycles. The van der Waals surface area contributed by atoms with Crippen LogP contribution >= 0.6 is 0 Å². The number of rotatable bonds is 2. The average Bonchev–Trinajstić information content (AvgIpc) is 1.99. The molecule has 2 N–H and O–H groups in total. The fourth-order valence-electron chi connectivity index (χ4n) is 1.51. The molecule has 0 atom stereocenters. The summed E-state index contributed by atoms with van der Waals surface area (Å²) in [6, 6.07) is 0.936. The van der Waals surface area contributed by atoms with Crippen molar-refractivity contribution in [1.29, 1.82) is 0 Å². The van der Waals surface area contributed by atoms with Crippen LogP contribution in [0.4, 0.5) is 10.1 Å². The van der Waals surface area contributed by atoms with Crippen LogP contribution in [-0.2, 0) is 0 Å². The summed E-state index contributed by atoms with van der Waals surface area (Å²) in [5.74, 6) is -1.84. The van der Waals surface area contributed by atoms with Crippen molar-refractivity contribution in [3.05, 3.63) is 38.7 Å². The topological polar surface area (TPSA) is 86.2 Å². The molecule has 5 nitrogen and oxygen atoms in total. The number of carbonyl (C=O) groups excluding carboxylic acids is 1. The number of nitro groups is 1. The maximum atomic E-state index is 13.3. The van der Waals surface area contributed by atoms with E-state index in [0.717, 1.165) is 6.07 Å². The minimum atomic E-state index is -1.01. The quantitative estimate of drug-likeness (QED) is 0.594. The number of amides is 1. The third-order valence-corrected chi connectivity index (χ3v) is 2.11. The second-order valence-electron chi connectivity index (χ2n) is 3.15. The third kappa shape index (κ3) is 1.78. The Balaban J connectivity index is 3.64. The lowest BCUT2D eigenvalue weighted by Crippen LogP contribution is -2.16. The van der Waals surface area contributed by atoms with E-state index in [9.17, 15) is 19.3 Å². The first-order valence-corrected chi connectivity index (χ1v) is 4.10. The highest BCUT2D eigenvalue weighted by Crippen LogP contribution is 2.27. The molecule has 0 aliphatic rings. The average molecular weight is 212 g/mol. The van der Waals surface area contributed by atoms with Crippen LogP contribution in [0.1, 0.15) is 21.5 Å². The summed E-state index contributed by atoms with van der Waals surface area (Å²) in [6.45, 7) is 2.70. The van der Waals surface area contributed by atoms with E-state index in [2.05, 4.69) is 0 Å². The second kappa shape index (κ2) is 3.64. The molecule has 0 radical (unpaired) electrons. The van der Waals surface area contributed by atoms with E-state index in [1.165, 1.54) is 13.8 Å². The summed E-state index contributed by atoms with van der Waals surface area (Å²) >= 11 is 0. The minimum absolute atomic E-state index is 0.0370. The van der Waals surface area contributed by atoms with Gasteiger partial charge in [0.25, 0.3) is 11.6 Å². The Morgan fingerprint density at radius 3 is 2.47 bits per heavy atom. The zero-order chi connectivity index (χ0) is 11.7. The Morgan fingerprint density at radius 2 is 2.07 bits per heavy atom. The summed E-state index contributed by atoms with van der Waals surface area (Å²) in [4.78, 5) is 20.9. The molecule has 6 heteroatoms. The first-order chi connectivity index (χ1) is 6.86. The van der Waals surface area contributed by atoms with Crippen molar-refractivity contribution in [3.8, 4) is 0 Å². The Kier molecular flexibility index (Phi) is 2.69. The molecule has 80 valence electrons. The molecule has 15 heavy (non-hydrogen) atoms. The number of nitro benzene ring substituents is 1. The molecular weight excluding hydrogens is 203 g/mol. The van der Waals surface area contributed by atoms with Gasteiger partial charge in [-0.05, 0) is 19.9 Å². The first kappa shape index (κ1) is 11.1. The van der Waals surface area contributed by atoms with Gasteiger partial charge in [-0.1, -0.05) is 0 Å². The van der Waals surface area contributed by atoms with E-state index in [0.29, 0.717) is 0 Å². The zero-order valence-corrected chi connectivity index (χ0v) is 8.20. The van der Waals surface area contributed by atoms with E-state index in [1.807, 2.05) is 0 Å². The lowest BCUT2D eigenvalue weighted by molar-refractivity contribution is -0.386. The number of primary amides is 1. The number of hydrogen-bond donors (Lipinski definition) is 1. The SMILES string of the molecule is Cc1cc(F)c(C(N)=O)c(C)c1[N+](=O)[O-]. The lowest BCUT2D eigenvalue weighted by Gasteiger charge is -2.06. The van der Waals surface area contributed by atoms with E-state index in [4.69, 9.17) is 5.73 Å². The standard InChI is InChI=1S/C9H9FN2O3/c1-4-3-6(10)7(9(11)13)5(2)8(4)12(14)15/h3H,1-2H3,(H2,11,13). The maximum Gasteiger partial charge on any atom is 0.276 e. The second-order valence-corrected chi connectivity index (χ2v) is 3.15. The molecule has 1 aromatic rings. The number of halogens is 1. The summed E-state index contributed by atoms with van der Waals surface area (Å²) < 4.78 is 13.3. The first-order valence-electron chi connectivity index (χ1n) is 4.10. The Morgan fingerprint density at radius 1 is 1.53 bits per heavy atom. The van der Waals surface area contributed by atoms with Crippen molar-refractivity contribution in [3.63, 3.8) is 0 Å². The van der Waals surface area contributed by atoms with Crippen LogP contribution in [0.15, 0.2) is 6.07 Å². The van der Waals surface area contributed by atoms with Crippen LogP contribution < -0.4 is 5.73 Å². The Labute approximate surface area is 84.8 Å². The van der Waals surface area contributed by atoms with E-state index >= 15 is 0 Å². The predicted octanol–water partition coefficient (Wildman–Crippen LogP) is 1.45. The van der Waals surface area contributed by atoms with Crippen molar-refractivity contribution >= 4 is 11.6 Å². The zero-order valence-electron chi connectivity index (χ0n) is 8.20. The number of nitrogens with two attached hydrogens (primary N) is 1. The minimum Gasteiger partial charge on any atom is -0.365 e. The van der Waals surface area contributed by atoms with Crippen LogP contribution in [0, 0.1) is 29.8 Å². The fourth-order valence-corrected chi connectivity index (χ4v) is 1.51. The largest absolute Gasteiger partial charge is 0.365 e. The molecule has 0 unspecified atom stereocenters. The highest BCUT2D eigenvalue weighted by molar-refractivity contribution is 5.95. The van der Waals surface area contributed by atoms with Gasteiger partial charge in [-0.25, -0.2) is 4.39 Å². The van der Waals surface area contributed by atoms with Crippen LogP contribution in [0.25, 0.3) is 0 Å². The van der Waals surface area contributed by atoms with Gasteiger partial charge < -0.3 is 5.73 Å². The van der Waals surface area contributed by atoms with Gasteiger partial charge >= 0.3 is 0 Å². The fraction of sp³-hybridized carbons (Fsp3) is 0.222. The number of benzene rings is 1. The van der Waals surface area contributed by atoms with Crippen LogP contribution in [0.2, 0.25) is 0 Å². The number of aryl methyl sites for hydroxylation is 1. The molecule has 0 spiro atoms. The Hall–Kier alpha value is -1.98. The molecule has 0 aliphatic carbocycles. The van der Waals surface area contributed by atoms with Gasteiger partial charge in [0.15, 0.2) is 0 Å². The lowest BCUT2D eigenvalue weighted by atomic mass is 10.0. The Bertz CT molecular complexity index is 419. The van der Waals surface area contributed by atoms with Crippen molar-refractivity contribution in [2.75, 3.05) is 0 Å². The van der Waals surface area contributed by atoms with E-state index < -0.39 is 22.2 Å². The van der Waals surface area contributed by atoms with Crippen LogP contribution in [0.3, 0.4) is 0 Å². The maximum absolute atomic E-state index is 13.3. The van der Waals surface area contributed by atoms with Crippen molar-refractivity contribution in [1.82, 2.24) is 0 Å².